The normalized spacial score (nSPS) is 46.5. The zero-order valence-electron chi connectivity index (χ0n) is 29.0. The van der Waals surface area contributed by atoms with Crippen LogP contribution < -0.4 is 0 Å². The molecule has 10 atom stereocenters. The summed E-state index contributed by atoms with van der Waals surface area (Å²) in [6.07, 6.45) is 11.9. The third-order valence-electron chi connectivity index (χ3n) is 15.5. The van der Waals surface area contributed by atoms with Crippen LogP contribution in [-0.4, -0.2) is 62.4 Å². The molecule has 0 N–H and O–H groups in total. The first-order valence-electron chi connectivity index (χ1n) is 18.0. The molecule has 248 valence electrons. The van der Waals surface area contributed by atoms with Crippen LogP contribution in [-0.2, 0) is 23.8 Å². The molecule has 1 aliphatic heterocycles. The predicted octanol–water partition coefficient (Wildman–Crippen LogP) is 7.45. The van der Waals surface area contributed by atoms with Crippen molar-refractivity contribution in [3.8, 4) is 0 Å². The number of carbonyl (C=O) groups excluding carboxylic acids is 2. The second-order valence-electron chi connectivity index (χ2n) is 17.5. The molecule has 6 fully saturated rings. The Morgan fingerprint density at radius 2 is 1.55 bits per heavy atom. The molecule has 6 rings (SSSR count). The molecule has 1 heterocycles. The van der Waals surface area contributed by atoms with Crippen LogP contribution in [0.4, 0.5) is 0 Å². The van der Waals surface area contributed by atoms with Crippen molar-refractivity contribution >= 4 is 11.9 Å². The SMILES string of the molecule is C=C(CN1CCOCC1)[C@@H]1CC[C@]2(COC(C)=O)CC[C@]3(C)[C@H](CC[C@@H]4[C@@]5(C)CC[C@H](OC(C)=O)C(C)(C)[C@@H]5CC[C@]43C)[C@@H]12. The van der Waals surface area contributed by atoms with Gasteiger partial charge in [0.25, 0.3) is 0 Å². The quantitative estimate of drug-likeness (QED) is 0.230. The van der Waals surface area contributed by atoms with E-state index in [-0.39, 0.29) is 45.1 Å². The molecule has 0 aromatic heterocycles. The molecule has 0 aromatic rings. The van der Waals surface area contributed by atoms with Crippen molar-refractivity contribution in [1.82, 2.24) is 4.90 Å². The second-order valence-corrected chi connectivity index (χ2v) is 17.5. The fraction of sp³-hybridized carbons (Fsp3) is 0.895. The molecular weight excluding hydrogens is 550 g/mol. The number of rotatable bonds is 6. The van der Waals surface area contributed by atoms with Crippen molar-refractivity contribution in [2.45, 2.75) is 119 Å². The Bertz CT molecular complexity index is 1140. The fourth-order valence-electron chi connectivity index (χ4n) is 13.2. The summed E-state index contributed by atoms with van der Waals surface area (Å²) in [5.41, 5.74) is 2.21. The smallest absolute Gasteiger partial charge is 0.302 e. The highest BCUT2D eigenvalue weighted by atomic mass is 16.5. The average Bonchev–Trinajstić information content (AvgIpc) is 3.34. The molecule has 6 aliphatic rings. The molecule has 0 spiro atoms. The van der Waals surface area contributed by atoms with E-state index in [4.69, 9.17) is 20.8 Å². The molecule has 5 aliphatic carbocycles. The van der Waals surface area contributed by atoms with E-state index in [0.29, 0.717) is 36.2 Å². The minimum Gasteiger partial charge on any atom is -0.465 e. The van der Waals surface area contributed by atoms with Crippen LogP contribution in [0, 0.1) is 56.7 Å². The van der Waals surface area contributed by atoms with Crippen molar-refractivity contribution in [3.05, 3.63) is 12.2 Å². The molecule has 44 heavy (non-hydrogen) atoms. The van der Waals surface area contributed by atoms with Gasteiger partial charge in [0.15, 0.2) is 0 Å². The van der Waals surface area contributed by atoms with Crippen molar-refractivity contribution < 1.29 is 23.8 Å². The molecule has 0 aromatic carbocycles. The molecule has 6 heteroatoms. The van der Waals surface area contributed by atoms with Gasteiger partial charge < -0.3 is 14.2 Å². The summed E-state index contributed by atoms with van der Waals surface area (Å²) in [4.78, 5) is 26.7. The number of esters is 2. The summed E-state index contributed by atoms with van der Waals surface area (Å²) in [5.74, 6) is 2.58. The van der Waals surface area contributed by atoms with Gasteiger partial charge in [-0.15, -0.1) is 0 Å². The molecule has 5 saturated carbocycles. The lowest BCUT2D eigenvalue weighted by Crippen LogP contribution is -2.67. The maximum Gasteiger partial charge on any atom is 0.302 e. The Morgan fingerprint density at radius 1 is 0.818 bits per heavy atom. The number of ether oxygens (including phenoxy) is 3. The molecule has 0 radical (unpaired) electrons. The van der Waals surface area contributed by atoms with Crippen LogP contribution in [0.3, 0.4) is 0 Å². The summed E-state index contributed by atoms with van der Waals surface area (Å²) < 4.78 is 17.5. The van der Waals surface area contributed by atoms with Crippen LogP contribution in [0.2, 0.25) is 0 Å². The Balaban J connectivity index is 1.31. The minimum absolute atomic E-state index is 0.0163. The number of nitrogens with zero attached hydrogens (tertiary/aromatic N) is 1. The van der Waals surface area contributed by atoms with E-state index in [2.05, 4.69) is 39.5 Å². The summed E-state index contributed by atoms with van der Waals surface area (Å²) >= 11 is 0. The molecular formula is C38H61NO5. The number of hydrogen-bond acceptors (Lipinski definition) is 6. The maximum absolute atomic E-state index is 12.2. The molecule has 6 nitrogen and oxygen atoms in total. The first-order chi connectivity index (χ1) is 20.7. The van der Waals surface area contributed by atoms with E-state index >= 15 is 0 Å². The van der Waals surface area contributed by atoms with E-state index in [1.807, 2.05) is 0 Å². The van der Waals surface area contributed by atoms with E-state index in [1.165, 1.54) is 44.1 Å². The second kappa shape index (κ2) is 11.4. The predicted molar refractivity (Wildman–Crippen MR) is 173 cm³/mol. The Labute approximate surface area is 267 Å². The number of fused-ring (bicyclic) bond motifs is 7. The van der Waals surface area contributed by atoms with Gasteiger partial charge in [0, 0.05) is 44.3 Å². The van der Waals surface area contributed by atoms with Crippen molar-refractivity contribution in [1.29, 1.82) is 0 Å². The number of carbonyl (C=O) groups is 2. The van der Waals surface area contributed by atoms with Crippen LogP contribution in [0.5, 0.6) is 0 Å². The van der Waals surface area contributed by atoms with Gasteiger partial charge in [-0.1, -0.05) is 46.8 Å². The number of morpholine rings is 1. The number of hydrogen-bond donors (Lipinski definition) is 0. The molecule has 0 unspecified atom stereocenters. The minimum atomic E-state index is -0.143. The average molecular weight is 612 g/mol. The van der Waals surface area contributed by atoms with Gasteiger partial charge in [0.1, 0.15) is 6.10 Å². The summed E-state index contributed by atoms with van der Waals surface area (Å²) in [5, 5.41) is 0. The van der Waals surface area contributed by atoms with Crippen molar-refractivity contribution in [2.24, 2.45) is 56.7 Å². The van der Waals surface area contributed by atoms with Crippen molar-refractivity contribution in [3.63, 3.8) is 0 Å². The van der Waals surface area contributed by atoms with Crippen LogP contribution >= 0.6 is 0 Å². The fourth-order valence-corrected chi connectivity index (χ4v) is 13.2. The van der Waals surface area contributed by atoms with Crippen LogP contribution in [0.15, 0.2) is 12.2 Å². The zero-order chi connectivity index (χ0) is 31.7. The van der Waals surface area contributed by atoms with Gasteiger partial charge in [0.2, 0.25) is 0 Å². The summed E-state index contributed by atoms with van der Waals surface area (Å²) in [6.45, 7) is 25.8. The molecule has 0 amide bonds. The highest BCUT2D eigenvalue weighted by Gasteiger charge is 2.71. The highest BCUT2D eigenvalue weighted by molar-refractivity contribution is 5.66. The standard InChI is InChI=1S/C38H61NO5/c1-25(23-39-19-21-42-22-20-39)28-11-16-38(24-43-26(2)40)18-17-36(7)29(33(28)38)9-10-31-35(6)14-13-32(44-27(3)41)34(4,5)30(35)12-15-37(31,36)8/h28-33H,1,9-24H2,2-8H3/t28-,29+,30-,31+,32-,33+,35-,36+,37+,38+/m0/s1. The van der Waals surface area contributed by atoms with E-state index in [1.54, 1.807) is 13.8 Å². The van der Waals surface area contributed by atoms with Gasteiger partial charge in [-0.3, -0.25) is 14.5 Å². The topological polar surface area (TPSA) is 65.1 Å². The Kier molecular flexibility index (Phi) is 8.42. The van der Waals surface area contributed by atoms with Crippen LogP contribution in [0.25, 0.3) is 0 Å². The lowest BCUT2D eigenvalue weighted by Gasteiger charge is -2.73. The van der Waals surface area contributed by atoms with Gasteiger partial charge in [-0.05, 0) is 110 Å². The first-order valence-corrected chi connectivity index (χ1v) is 18.0. The Morgan fingerprint density at radius 3 is 2.23 bits per heavy atom. The van der Waals surface area contributed by atoms with Gasteiger partial charge in [0.05, 0.1) is 19.8 Å². The highest BCUT2D eigenvalue weighted by Crippen LogP contribution is 2.77. The van der Waals surface area contributed by atoms with E-state index < -0.39 is 0 Å². The third kappa shape index (κ3) is 4.93. The summed E-state index contributed by atoms with van der Waals surface area (Å²) in [7, 11) is 0. The van der Waals surface area contributed by atoms with E-state index in [0.717, 1.165) is 58.5 Å². The monoisotopic (exact) mass is 611 g/mol. The lowest BCUT2D eigenvalue weighted by molar-refractivity contribution is -0.252. The molecule has 0 bridgehead atoms. The molecule has 1 saturated heterocycles. The largest absolute Gasteiger partial charge is 0.465 e. The maximum atomic E-state index is 12.2. The lowest BCUT2D eigenvalue weighted by atomic mass is 9.32. The van der Waals surface area contributed by atoms with Gasteiger partial charge in [-0.2, -0.15) is 0 Å². The first kappa shape index (κ1) is 32.5. The van der Waals surface area contributed by atoms with Gasteiger partial charge >= 0.3 is 11.9 Å². The van der Waals surface area contributed by atoms with Crippen LogP contribution in [0.1, 0.15) is 113 Å². The van der Waals surface area contributed by atoms with E-state index in [9.17, 15) is 9.59 Å². The van der Waals surface area contributed by atoms with Gasteiger partial charge in [-0.25, -0.2) is 0 Å². The zero-order valence-corrected chi connectivity index (χ0v) is 29.0. The Hall–Kier alpha value is -1.40. The third-order valence-corrected chi connectivity index (χ3v) is 15.5. The van der Waals surface area contributed by atoms with Crippen molar-refractivity contribution in [2.75, 3.05) is 39.5 Å². The summed E-state index contributed by atoms with van der Waals surface area (Å²) in [6, 6.07) is 0.